The van der Waals surface area contributed by atoms with Crippen LogP contribution in [0.2, 0.25) is 0 Å². The van der Waals surface area contributed by atoms with Crippen LogP contribution < -0.4 is 11.5 Å². The Labute approximate surface area is 96.5 Å². The molecule has 1 rings (SSSR count). The highest BCUT2D eigenvalue weighted by Crippen LogP contribution is 2.36. The number of benzene rings is 1. The third kappa shape index (κ3) is 2.24. The van der Waals surface area contributed by atoms with Gasteiger partial charge in [0.1, 0.15) is 10.5 Å². The molecule has 0 unspecified atom stereocenters. The monoisotopic (exact) mass is 262 g/mol. The summed E-state index contributed by atoms with van der Waals surface area (Å²) in [5.41, 5.74) is 9.04. The second-order valence-corrected chi connectivity index (χ2v) is 4.45. The largest absolute Gasteiger partial charge is 0.505 e. The van der Waals surface area contributed by atoms with Gasteiger partial charge in [0.15, 0.2) is 5.75 Å². The van der Waals surface area contributed by atoms with Gasteiger partial charge in [0.25, 0.3) is 10.1 Å². The number of aromatic hydroxyl groups is 1. The number of phenols is 1. The third-order valence-corrected chi connectivity index (χ3v) is 2.92. The average molecular weight is 262 g/mol. The van der Waals surface area contributed by atoms with Crippen LogP contribution >= 0.6 is 0 Å². The molecule has 8 nitrogen and oxygen atoms in total. The van der Waals surface area contributed by atoms with Gasteiger partial charge in [-0.25, -0.2) is 4.79 Å². The first-order chi connectivity index (χ1) is 7.70. The van der Waals surface area contributed by atoms with Crippen LogP contribution in [0, 0.1) is 0 Å². The zero-order valence-corrected chi connectivity index (χ0v) is 9.48. The van der Waals surface area contributed by atoms with Crippen molar-refractivity contribution >= 4 is 27.5 Å². The number of phenolic OH excluding ortho intramolecular Hbond substituents is 1. The summed E-state index contributed by atoms with van der Waals surface area (Å²) in [6, 6.07) is 0.683. The number of anilines is 2. The molecule has 1 aromatic rings. The highest BCUT2D eigenvalue weighted by molar-refractivity contribution is 7.86. The van der Waals surface area contributed by atoms with Crippen molar-refractivity contribution in [2.45, 2.75) is 4.90 Å². The third-order valence-electron chi connectivity index (χ3n) is 2.02. The van der Waals surface area contributed by atoms with Crippen molar-refractivity contribution < 1.29 is 27.6 Å². The van der Waals surface area contributed by atoms with Gasteiger partial charge in [-0.2, -0.15) is 8.42 Å². The van der Waals surface area contributed by atoms with Crippen LogP contribution in [0.15, 0.2) is 11.0 Å². The van der Waals surface area contributed by atoms with Gasteiger partial charge in [0, 0.05) is 0 Å². The molecule has 0 atom stereocenters. The minimum absolute atomic E-state index is 0.508. The van der Waals surface area contributed by atoms with E-state index in [0.717, 1.165) is 7.11 Å². The molecule has 0 fully saturated rings. The lowest BCUT2D eigenvalue weighted by atomic mass is 10.1. The number of carbonyl (C=O) groups excluding carboxylic acids is 1. The van der Waals surface area contributed by atoms with Crippen LogP contribution in [0.3, 0.4) is 0 Å². The SMILES string of the molecule is COC(=O)c1cc(S(=O)(=O)O)c(N)c(N)c1O. The van der Waals surface area contributed by atoms with E-state index in [-0.39, 0.29) is 0 Å². The van der Waals surface area contributed by atoms with Gasteiger partial charge >= 0.3 is 5.97 Å². The molecule has 0 heterocycles. The number of carbonyl (C=O) groups is 1. The normalized spacial score (nSPS) is 11.2. The number of hydrogen-bond acceptors (Lipinski definition) is 7. The molecule has 0 amide bonds. The van der Waals surface area contributed by atoms with Gasteiger partial charge in [0.2, 0.25) is 0 Å². The standard InChI is InChI=1S/C8H10N2O6S/c1-16-8(12)3-2-4(17(13,14)15)5(9)6(10)7(3)11/h2,11H,9-10H2,1H3,(H,13,14,15). The minimum atomic E-state index is -4.66. The van der Waals surface area contributed by atoms with Gasteiger partial charge in [-0.1, -0.05) is 0 Å². The van der Waals surface area contributed by atoms with Crippen molar-refractivity contribution in [1.29, 1.82) is 0 Å². The smallest absolute Gasteiger partial charge is 0.341 e. The molecule has 0 spiro atoms. The Morgan fingerprint density at radius 2 is 1.88 bits per heavy atom. The number of nitrogen functional groups attached to an aromatic ring is 2. The Morgan fingerprint density at radius 3 is 2.29 bits per heavy atom. The molecule has 0 saturated carbocycles. The first-order valence-electron chi connectivity index (χ1n) is 4.16. The molecule has 6 N–H and O–H groups in total. The summed E-state index contributed by atoms with van der Waals surface area (Å²) >= 11 is 0. The van der Waals surface area contributed by atoms with Crippen molar-refractivity contribution in [3.8, 4) is 5.75 Å². The Hall–Kier alpha value is -2.00. The molecule has 0 aliphatic carbocycles. The fourth-order valence-corrected chi connectivity index (χ4v) is 1.82. The van der Waals surface area contributed by atoms with Crippen molar-refractivity contribution in [3.63, 3.8) is 0 Å². The number of hydrogen-bond donors (Lipinski definition) is 4. The first kappa shape index (κ1) is 13.1. The zero-order valence-electron chi connectivity index (χ0n) is 8.67. The molecular formula is C8H10N2O6S. The molecular weight excluding hydrogens is 252 g/mol. The first-order valence-corrected chi connectivity index (χ1v) is 5.60. The molecule has 17 heavy (non-hydrogen) atoms. The van der Waals surface area contributed by atoms with Crippen LogP contribution in [-0.2, 0) is 14.9 Å². The Balaban J connectivity index is 3.68. The fraction of sp³-hybridized carbons (Fsp3) is 0.125. The van der Waals surface area contributed by atoms with E-state index in [9.17, 15) is 18.3 Å². The Morgan fingerprint density at radius 1 is 1.35 bits per heavy atom. The predicted octanol–water partition coefficient (Wildman–Crippen LogP) is -0.410. The van der Waals surface area contributed by atoms with Crippen molar-refractivity contribution in [2.24, 2.45) is 0 Å². The van der Waals surface area contributed by atoms with E-state index in [4.69, 9.17) is 16.0 Å². The van der Waals surface area contributed by atoms with E-state index in [1.165, 1.54) is 0 Å². The molecule has 1 aromatic carbocycles. The number of rotatable bonds is 2. The van der Waals surface area contributed by atoms with Crippen LogP contribution in [0.4, 0.5) is 11.4 Å². The number of nitrogens with two attached hydrogens (primary N) is 2. The maximum atomic E-state index is 11.2. The molecule has 9 heteroatoms. The lowest BCUT2D eigenvalue weighted by molar-refractivity contribution is 0.0597. The summed E-state index contributed by atoms with van der Waals surface area (Å²) in [6.45, 7) is 0. The highest BCUT2D eigenvalue weighted by atomic mass is 32.2. The molecule has 94 valence electrons. The lowest BCUT2D eigenvalue weighted by Gasteiger charge is -2.11. The van der Waals surface area contributed by atoms with Gasteiger partial charge in [-0.05, 0) is 6.07 Å². The lowest BCUT2D eigenvalue weighted by Crippen LogP contribution is -2.11. The van der Waals surface area contributed by atoms with Crippen LogP contribution in [-0.4, -0.2) is 31.2 Å². The van der Waals surface area contributed by atoms with E-state index >= 15 is 0 Å². The van der Waals surface area contributed by atoms with Gasteiger partial charge < -0.3 is 21.3 Å². The van der Waals surface area contributed by atoms with Gasteiger partial charge in [-0.3, -0.25) is 4.55 Å². The van der Waals surface area contributed by atoms with Gasteiger partial charge in [0.05, 0.1) is 18.5 Å². The minimum Gasteiger partial charge on any atom is -0.505 e. The topological polar surface area (TPSA) is 153 Å². The Bertz CT molecular complexity index is 580. The summed E-state index contributed by atoms with van der Waals surface area (Å²) in [4.78, 5) is 10.5. The molecule has 0 saturated heterocycles. The van der Waals surface area contributed by atoms with Crippen molar-refractivity contribution in [2.75, 3.05) is 18.6 Å². The van der Waals surface area contributed by atoms with Crippen molar-refractivity contribution in [1.82, 2.24) is 0 Å². The summed E-state index contributed by atoms with van der Waals surface area (Å²) in [7, 11) is -3.63. The van der Waals surface area contributed by atoms with E-state index in [1.54, 1.807) is 0 Å². The summed E-state index contributed by atoms with van der Waals surface area (Å²) in [6.07, 6.45) is 0. The number of methoxy groups -OCH3 is 1. The van der Waals surface area contributed by atoms with Crippen LogP contribution in [0.5, 0.6) is 5.75 Å². The highest BCUT2D eigenvalue weighted by Gasteiger charge is 2.24. The average Bonchev–Trinajstić information content (AvgIpc) is 2.23. The van der Waals surface area contributed by atoms with E-state index in [1.807, 2.05) is 0 Å². The van der Waals surface area contributed by atoms with E-state index < -0.39 is 43.7 Å². The molecule has 0 radical (unpaired) electrons. The van der Waals surface area contributed by atoms with Gasteiger partial charge in [-0.15, -0.1) is 0 Å². The quantitative estimate of drug-likeness (QED) is 0.243. The molecule has 0 bridgehead atoms. The predicted molar refractivity (Wildman–Crippen MR) is 58.1 cm³/mol. The van der Waals surface area contributed by atoms with E-state index in [0.29, 0.717) is 6.07 Å². The fourth-order valence-electron chi connectivity index (χ4n) is 1.16. The number of esters is 1. The van der Waals surface area contributed by atoms with Crippen LogP contribution in [0.1, 0.15) is 10.4 Å². The van der Waals surface area contributed by atoms with Crippen molar-refractivity contribution in [3.05, 3.63) is 11.6 Å². The second-order valence-electron chi connectivity index (χ2n) is 3.06. The summed E-state index contributed by atoms with van der Waals surface area (Å²) < 4.78 is 35.1. The van der Waals surface area contributed by atoms with E-state index in [2.05, 4.69) is 4.74 Å². The maximum absolute atomic E-state index is 11.2. The zero-order chi connectivity index (χ0) is 13.4. The molecule has 0 aliphatic rings. The Kier molecular flexibility index (Phi) is 3.16. The second kappa shape index (κ2) is 4.11. The molecule has 0 aromatic heterocycles. The summed E-state index contributed by atoms with van der Waals surface area (Å²) in [5, 5.41) is 9.49. The summed E-state index contributed by atoms with van der Waals surface area (Å²) in [5.74, 6) is -1.72. The van der Waals surface area contributed by atoms with Crippen LogP contribution in [0.25, 0.3) is 0 Å². The maximum Gasteiger partial charge on any atom is 0.341 e. The number of ether oxygens (including phenoxy) is 1. The molecule has 0 aliphatic heterocycles.